The molecule has 0 aromatic heterocycles. The lowest BCUT2D eigenvalue weighted by atomic mass is 10.1. The summed E-state index contributed by atoms with van der Waals surface area (Å²) in [6.07, 6.45) is 0. The zero-order valence-corrected chi connectivity index (χ0v) is 11.8. The van der Waals surface area contributed by atoms with Crippen molar-refractivity contribution in [3.05, 3.63) is 75.1 Å². The van der Waals surface area contributed by atoms with Gasteiger partial charge in [0.15, 0.2) is 0 Å². The van der Waals surface area contributed by atoms with Crippen LogP contribution in [0.25, 0.3) is 0 Å². The Kier molecular flexibility index (Phi) is 4.63. The molecule has 1 amide bonds. The monoisotopic (exact) mass is 324 g/mol. The van der Waals surface area contributed by atoms with Crippen molar-refractivity contribution in [3.63, 3.8) is 0 Å². The summed E-state index contributed by atoms with van der Waals surface area (Å²) < 4.78 is 39.8. The van der Waals surface area contributed by atoms with Crippen LogP contribution in [0.1, 0.15) is 28.9 Å². The number of carbonyl (C=O) groups is 1. The number of hydrogen-bond acceptors (Lipinski definition) is 3. The van der Waals surface area contributed by atoms with Crippen molar-refractivity contribution < 1.29 is 22.9 Å². The van der Waals surface area contributed by atoms with E-state index in [9.17, 15) is 28.1 Å². The van der Waals surface area contributed by atoms with Crippen LogP contribution in [0.3, 0.4) is 0 Å². The van der Waals surface area contributed by atoms with Gasteiger partial charge in [-0.1, -0.05) is 6.07 Å². The standard InChI is InChI=1S/C15H11F3N2O3/c1-8(11-4-3-10(16)7-13(11)18)19-15(21)9-2-5-12(17)14(6-9)20(22)23/h2-8H,1H3,(H,19,21)/t8-/m1/s1. The maximum Gasteiger partial charge on any atom is 0.305 e. The summed E-state index contributed by atoms with van der Waals surface area (Å²) in [7, 11) is 0. The largest absolute Gasteiger partial charge is 0.345 e. The van der Waals surface area contributed by atoms with Crippen molar-refractivity contribution in [1.82, 2.24) is 5.32 Å². The Morgan fingerprint density at radius 3 is 2.43 bits per heavy atom. The third-order valence-corrected chi connectivity index (χ3v) is 3.18. The molecule has 0 spiro atoms. The van der Waals surface area contributed by atoms with Gasteiger partial charge in [-0.2, -0.15) is 4.39 Å². The summed E-state index contributed by atoms with van der Waals surface area (Å²) in [6, 6.07) is 4.76. The molecule has 0 unspecified atom stereocenters. The first-order chi connectivity index (χ1) is 10.8. The second kappa shape index (κ2) is 6.47. The Morgan fingerprint density at radius 2 is 1.83 bits per heavy atom. The Labute approximate surface area is 128 Å². The molecule has 23 heavy (non-hydrogen) atoms. The highest BCUT2D eigenvalue weighted by Crippen LogP contribution is 2.21. The van der Waals surface area contributed by atoms with Gasteiger partial charge in [-0.25, -0.2) is 8.78 Å². The molecule has 0 heterocycles. The minimum Gasteiger partial charge on any atom is -0.345 e. The number of carbonyl (C=O) groups excluding carboxylic acids is 1. The van der Waals surface area contributed by atoms with Crippen molar-refractivity contribution in [3.8, 4) is 0 Å². The fourth-order valence-electron chi connectivity index (χ4n) is 2.00. The van der Waals surface area contributed by atoms with E-state index in [0.29, 0.717) is 6.07 Å². The highest BCUT2D eigenvalue weighted by molar-refractivity contribution is 5.95. The van der Waals surface area contributed by atoms with E-state index in [1.54, 1.807) is 0 Å². The first-order valence-electron chi connectivity index (χ1n) is 6.49. The Morgan fingerprint density at radius 1 is 1.13 bits per heavy atom. The zero-order valence-electron chi connectivity index (χ0n) is 11.8. The summed E-state index contributed by atoms with van der Waals surface area (Å²) in [5, 5.41) is 13.1. The summed E-state index contributed by atoms with van der Waals surface area (Å²) in [6.45, 7) is 1.46. The molecule has 0 fully saturated rings. The number of halogens is 3. The van der Waals surface area contributed by atoms with Crippen LogP contribution in [-0.2, 0) is 0 Å². The average Bonchev–Trinajstić information content (AvgIpc) is 2.46. The van der Waals surface area contributed by atoms with Gasteiger partial charge in [-0.05, 0) is 25.1 Å². The predicted molar refractivity (Wildman–Crippen MR) is 75.3 cm³/mol. The Hall–Kier alpha value is -2.90. The molecule has 0 radical (unpaired) electrons. The fourth-order valence-corrected chi connectivity index (χ4v) is 2.00. The van der Waals surface area contributed by atoms with E-state index in [4.69, 9.17) is 0 Å². The molecule has 0 aliphatic rings. The van der Waals surface area contributed by atoms with E-state index in [1.807, 2.05) is 0 Å². The topological polar surface area (TPSA) is 72.2 Å². The maximum atomic E-state index is 13.6. The molecular formula is C15H11F3N2O3. The molecule has 0 saturated carbocycles. The number of hydrogen-bond donors (Lipinski definition) is 1. The number of nitro groups is 1. The number of rotatable bonds is 4. The van der Waals surface area contributed by atoms with Gasteiger partial charge in [0, 0.05) is 23.3 Å². The number of amides is 1. The lowest BCUT2D eigenvalue weighted by Crippen LogP contribution is -2.27. The van der Waals surface area contributed by atoms with E-state index in [-0.39, 0.29) is 11.1 Å². The molecule has 0 bridgehead atoms. The SMILES string of the molecule is C[C@@H](NC(=O)c1ccc(F)c([N+](=O)[O-])c1)c1ccc(F)cc1F. The van der Waals surface area contributed by atoms with E-state index >= 15 is 0 Å². The van der Waals surface area contributed by atoms with Crippen LogP contribution in [0.4, 0.5) is 18.9 Å². The molecule has 1 atom stereocenters. The molecule has 0 saturated heterocycles. The van der Waals surface area contributed by atoms with Crippen LogP contribution >= 0.6 is 0 Å². The second-order valence-electron chi connectivity index (χ2n) is 4.78. The highest BCUT2D eigenvalue weighted by atomic mass is 19.1. The van der Waals surface area contributed by atoms with Crippen LogP contribution in [0.2, 0.25) is 0 Å². The molecular weight excluding hydrogens is 313 g/mol. The lowest BCUT2D eigenvalue weighted by molar-refractivity contribution is -0.387. The van der Waals surface area contributed by atoms with Crippen molar-refractivity contribution >= 4 is 11.6 Å². The third-order valence-electron chi connectivity index (χ3n) is 3.18. The number of nitrogens with one attached hydrogen (secondary N) is 1. The maximum absolute atomic E-state index is 13.6. The molecule has 8 heteroatoms. The van der Waals surface area contributed by atoms with E-state index in [2.05, 4.69) is 5.32 Å². The lowest BCUT2D eigenvalue weighted by Gasteiger charge is -2.15. The van der Waals surface area contributed by atoms with Crippen molar-refractivity contribution in [2.45, 2.75) is 13.0 Å². The van der Waals surface area contributed by atoms with Gasteiger partial charge in [0.05, 0.1) is 11.0 Å². The normalized spacial score (nSPS) is 11.8. The first kappa shape index (κ1) is 16.5. The number of nitrogens with zero attached hydrogens (tertiary/aromatic N) is 1. The minimum atomic E-state index is -1.07. The molecule has 2 rings (SSSR count). The summed E-state index contributed by atoms with van der Waals surface area (Å²) >= 11 is 0. The van der Waals surface area contributed by atoms with Gasteiger partial charge in [0.25, 0.3) is 5.91 Å². The molecule has 2 aromatic rings. The third kappa shape index (κ3) is 3.65. The van der Waals surface area contributed by atoms with Gasteiger partial charge >= 0.3 is 5.69 Å². The fraction of sp³-hybridized carbons (Fsp3) is 0.133. The minimum absolute atomic E-state index is 0.0522. The van der Waals surface area contributed by atoms with Gasteiger partial charge in [-0.3, -0.25) is 14.9 Å². The Balaban J connectivity index is 2.21. The van der Waals surface area contributed by atoms with Crippen molar-refractivity contribution in [2.24, 2.45) is 0 Å². The number of nitro benzene ring substituents is 1. The van der Waals surface area contributed by atoms with Crippen LogP contribution in [0.5, 0.6) is 0 Å². The quantitative estimate of drug-likeness (QED) is 0.691. The molecule has 2 aromatic carbocycles. The van der Waals surface area contributed by atoms with Crippen LogP contribution < -0.4 is 5.32 Å². The smallest absolute Gasteiger partial charge is 0.305 e. The first-order valence-corrected chi connectivity index (χ1v) is 6.49. The van der Waals surface area contributed by atoms with E-state index in [1.165, 1.54) is 13.0 Å². The molecule has 0 aliphatic heterocycles. The number of benzene rings is 2. The van der Waals surface area contributed by atoms with Gasteiger partial charge in [0.2, 0.25) is 5.82 Å². The van der Waals surface area contributed by atoms with Crippen LogP contribution in [0.15, 0.2) is 36.4 Å². The molecule has 120 valence electrons. The summed E-state index contributed by atoms with van der Waals surface area (Å²) in [5.74, 6) is -3.39. The van der Waals surface area contributed by atoms with Crippen LogP contribution in [-0.4, -0.2) is 10.8 Å². The van der Waals surface area contributed by atoms with Crippen molar-refractivity contribution in [1.29, 1.82) is 0 Å². The predicted octanol–water partition coefficient (Wildman–Crippen LogP) is 3.50. The second-order valence-corrected chi connectivity index (χ2v) is 4.78. The average molecular weight is 324 g/mol. The van der Waals surface area contributed by atoms with Gasteiger partial charge in [0.1, 0.15) is 11.6 Å². The molecule has 1 N–H and O–H groups in total. The molecule has 0 aliphatic carbocycles. The summed E-state index contributed by atoms with van der Waals surface area (Å²) in [4.78, 5) is 21.8. The van der Waals surface area contributed by atoms with Gasteiger partial charge in [-0.15, -0.1) is 0 Å². The molecule has 5 nitrogen and oxygen atoms in total. The zero-order chi connectivity index (χ0) is 17.1. The Bertz CT molecular complexity index is 781. The van der Waals surface area contributed by atoms with E-state index in [0.717, 1.165) is 24.3 Å². The van der Waals surface area contributed by atoms with E-state index < -0.39 is 40.0 Å². The summed E-state index contributed by atoms with van der Waals surface area (Å²) in [5.41, 5.74) is -0.929. The highest BCUT2D eigenvalue weighted by Gasteiger charge is 2.20. The van der Waals surface area contributed by atoms with Crippen molar-refractivity contribution in [2.75, 3.05) is 0 Å². The van der Waals surface area contributed by atoms with Gasteiger partial charge < -0.3 is 5.32 Å². The van der Waals surface area contributed by atoms with Crippen LogP contribution in [0, 0.1) is 27.6 Å².